The standard InChI is InChI=1S/C20H19ClN2O5/c1-27-18-10-23(17(20(25)26)6-12-4-5-28-11-12)19(24)8-16(18)15-7-14(21)3-2-13(15)9-22/h2-3,7-8,10,12,17H,4-6,11H2,1H3,(H,25,26). The SMILES string of the molecule is COc1cn(C(CC2CCOC2)C(=O)O)c(=O)cc1-c1cc(Cl)ccc1C#N. The van der Waals surface area contributed by atoms with E-state index >= 15 is 0 Å². The van der Waals surface area contributed by atoms with Crippen molar-refractivity contribution in [3.63, 3.8) is 0 Å². The average molecular weight is 403 g/mol. The molecular formula is C20H19ClN2O5. The molecule has 0 amide bonds. The van der Waals surface area contributed by atoms with Gasteiger partial charge in [-0.05, 0) is 37.0 Å². The van der Waals surface area contributed by atoms with Gasteiger partial charge in [0.1, 0.15) is 11.8 Å². The van der Waals surface area contributed by atoms with Gasteiger partial charge < -0.3 is 14.6 Å². The summed E-state index contributed by atoms with van der Waals surface area (Å²) >= 11 is 6.05. The first-order chi connectivity index (χ1) is 13.4. The predicted octanol–water partition coefficient (Wildman–Crippen LogP) is 3.10. The summed E-state index contributed by atoms with van der Waals surface area (Å²) in [7, 11) is 1.42. The van der Waals surface area contributed by atoms with Gasteiger partial charge in [0.25, 0.3) is 5.56 Å². The molecule has 0 spiro atoms. The zero-order chi connectivity index (χ0) is 20.3. The number of benzene rings is 1. The van der Waals surface area contributed by atoms with Gasteiger partial charge in [-0.25, -0.2) is 4.79 Å². The van der Waals surface area contributed by atoms with Crippen LogP contribution in [-0.4, -0.2) is 36.0 Å². The Hall–Kier alpha value is -2.82. The van der Waals surface area contributed by atoms with Gasteiger partial charge >= 0.3 is 5.97 Å². The Labute approximate surface area is 166 Å². The lowest BCUT2D eigenvalue weighted by molar-refractivity contribution is -0.141. The summed E-state index contributed by atoms with van der Waals surface area (Å²) in [5, 5.41) is 19.5. The molecule has 1 aromatic heterocycles. The van der Waals surface area contributed by atoms with Gasteiger partial charge in [0.2, 0.25) is 0 Å². The summed E-state index contributed by atoms with van der Waals surface area (Å²) in [6, 6.07) is 7.04. The summed E-state index contributed by atoms with van der Waals surface area (Å²) < 4.78 is 11.9. The molecule has 1 fully saturated rings. The Morgan fingerprint density at radius 2 is 2.25 bits per heavy atom. The quantitative estimate of drug-likeness (QED) is 0.796. The number of nitriles is 1. The van der Waals surface area contributed by atoms with Gasteiger partial charge in [-0.2, -0.15) is 5.26 Å². The minimum absolute atomic E-state index is 0.0804. The lowest BCUT2D eigenvalue weighted by Crippen LogP contribution is -2.31. The first-order valence-electron chi connectivity index (χ1n) is 8.75. The molecule has 2 aromatic rings. The number of rotatable bonds is 6. The van der Waals surface area contributed by atoms with Crippen molar-refractivity contribution >= 4 is 17.6 Å². The van der Waals surface area contributed by atoms with Crippen molar-refractivity contribution in [1.29, 1.82) is 5.26 Å². The zero-order valence-electron chi connectivity index (χ0n) is 15.2. The highest BCUT2D eigenvalue weighted by Crippen LogP contribution is 2.34. The number of pyridine rings is 1. The van der Waals surface area contributed by atoms with Crippen LogP contribution in [0.15, 0.2) is 35.3 Å². The highest BCUT2D eigenvalue weighted by Gasteiger charge is 2.28. The van der Waals surface area contributed by atoms with E-state index in [9.17, 15) is 20.0 Å². The largest absolute Gasteiger partial charge is 0.495 e. The molecule has 7 nitrogen and oxygen atoms in total. The molecule has 2 unspecified atom stereocenters. The van der Waals surface area contributed by atoms with Crippen molar-refractivity contribution in [1.82, 2.24) is 4.57 Å². The second-order valence-electron chi connectivity index (χ2n) is 6.62. The van der Waals surface area contributed by atoms with Crippen molar-refractivity contribution in [2.24, 2.45) is 5.92 Å². The van der Waals surface area contributed by atoms with E-state index in [0.717, 1.165) is 6.42 Å². The fraction of sp³-hybridized carbons (Fsp3) is 0.350. The van der Waals surface area contributed by atoms with Crippen LogP contribution in [0.3, 0.4) is 0 Å². The van der Waals surface area contributed by atoms with Crippen molar-refractivity contribution in [2.45, 2.75) is 18.9 Å². The lowest BCUT2D eigenvalue weighted by Gasteiger charge is -2.20. The summed E-state index contributed by atoms with van der Waals surface area (Å²) in [5.41, 5.74) is 0.673. The Morgan fingerprint density at radius 1 is 1.46 bits per heavy atom. The second kappa shape index (κ2) is 8.46. The van der Waals surface area contributed by atoms with Crippen LogP contribution in [0.5, 0.6) is 5.75 Å². The Bertz CT molecular complexity index is 989. The van der Waals surface area contributed by atoms with E-state index in [-0.39, 0.29) is 11.7 Å². The van der Waals surface area contributed by atoms with E-state index in [2.05, 4.69) is 6.07 Å². The molecule has 1 N–H and O–H groups in total. The van der Waals surface area contributed by atoms with Crippen LogP contribution in [0.2, 0.25) is 5.02 Å². The van der Waals surface area contributed by atoms with Crippen LogP contribution in [0.1, 0.15) is 24.4 Å². The van der Waals surface area contributed by atoms with Gasteiger partial charge in [0.05, 0.1) is 24.9 Å². The third-order valence-corrected chi connectivity index (χ3v) is 5.09. The van der Waals surface area contributed by atoms with Gasteiger partial charge in [-0.1, -0.05) is 11.6 Å². The number of methoxy groups -OCH3 is 1. The number of carbonyl (C=O) groups is 1. The molecule has 3 rings (SSSR count). The molecular weight excluding hydrogens is 384 g/mol. The van der Waals surface area contributed by atoms with Crippen LogP contribution in [0, 0.1) is 17.2 Å². The van der Waals surface area contributed by atoms with E-state index in [1.807, 2.05) is 0 Å². The predicted molar refractivity (Wildman–Crippen MR) is 103 cm³/mol. The van der Waals surface area contributed by atoms with E-state index in [0.29, 0.717) is 41.3 Å². The molecule has 8 heteroatoms. The molecule has 0 aliphatic carbocycles. The fourth-order valence-corrected chi connectivity index (χ4v) is 3.57. The maximum absolute atomic E-state index is 12.8. The van der Waals surface area contributed by atoms with Crippen molar-refractivity contribution < 1.29 is 19.4 Å². The molecule has 146 valence electrons. The zero-order valence-corrected chi connectivity index (χ0v) is 16.0. The third-order valence-electron chi connectivity index (χ3n) is 4.86. The number of halogens is 1. The minimum Gasteiger partial charge on any atom is -0.495 e. The number of aromatic nitrogens is 1. The fourth-order valence-electron chi connectivity index (χ4n) is 3.40. The summed E-state index contributed by atoms with van der Waals surface area (Å²) in [5.74, 6) is -0.728. The maximum atomic E-state index is 12.8. The number of carboxylic acids is 1. The number of nitrogens with zero attached hydrogens (tertiary/aromatic N) is 2. The van der Waals surface area contributed by atoms with Gasteiger partial charge in [-0.15, -0.1) is 0 Å². The molecule has 28 heavy (non-hydrogen) atoms. The number of hydrogen-bond acceptors (Lipinski definition) is 5. The van der Waals surface area contributed by atoms with E-state index in [1.165, 1.54) is 23.9 Å². The molecule has 1 aliphatic heterocycles. The van der Waals surface area contributed by atoms with Gasteiger partial charge in [0, 0.05) is 35.4 Å². The lowest BCUT2D eigenvalue weighted by atomic mass is 9.98. The topological polar surface area (TPSA) is 102 Å². The molecule has 2 heterocycles. The summed E-state index contributed by atoms with van der Waals surface area (Å²) in [4.78, 5) is 24.6. The normalized spacial score (nSPS) is 17.1. The number of hydrogen-bond donors (Lipinski definition) is 1. The Morgan fingerprint density at radius 3 is 2.86 bits per heavy atom. The van der Waals surface area contributed by atoms with E-state index in [4.69, 9.17) is 21.1 Å². The first kappa shape index (κ1) is 19.9. The highest BCUT2D eigenvalue weighted by atomic mass is 35.5. The highest BCUT2D eigenvalue weighted by molar-refractivity contribution is 6.31. The minimum atomic E-state index is -1.09. The van der Waals surface area contributed by atoms with Gasteiger partial charge in [0.15, 0.2) is 0 Å². The first-order valence-corrected chi connectivity index (χ1v) is 9.13. The van der Waals surface area contributed by atoms with Gasteiger partial charge in [-0.3, -0.25) is 9.36 Å². The van der Waals surface area contributed by atoms with Crippen LogP contribution >= 0.6 is 11.6 Å². The summed E-state index contributed by atoms with van der Waals surface area (Å²) in [6.45, 7) is 1.08. The molecule has 1 aromatic carbocycles. The second-order valence-corrected chi connectivity index (χ2v) is 7.06. The Balaban J connectivity index is 2.09. The van der Waals surface area contributed by atoms with Crippen LogP contribution in [-0.2, 0) is 9.53 Å². The van der Waals surface area contributed by atoms with Crippen molar-refractivity contribution in [3.05, 3.63) is 51.4 Å². The van der Waals surface area contributed by atoms with Crippen LogP contribution in [0.25, 0.3) is 11.1 Å². The third kappa shape index (κ3) is 4.03. The number of aliphatic carboxylic acids is 1. The number of ether oxygens (including phenoxy) is 2. The Kier molecular flexibility index (Phi) is 6.02. The van der Waals surface area contributed by atoms with Crippen LogP contribution < -0.4 is 10.3 Å². The monoisotopic (exact) mass is 402 g/mol. The van der Waals surface area contributed by atoms with E-state index in [1.54, 1.807) is 18.2 Å². The molecule has 0 radical (unpaired) electrons. The molecule has 1 aliphatic rings. The molecule has 1 saturated heterocycles. The molecule has 2 atom stereocenters. The average Bonchev–Trinajstić information content (AvgIpc) is 3.19. The molecule has 0 saturated carbocycles. The van der Waals surface area contributed by atoms with Crippen LogP contribution in [0.4, 0.5) is 0 Å². The molecule has 0 bridgehead atoms. The number of carboxylic acid groups (broad SMARTS) is 1. The smallest absolute Gasteiger partial charge is 0.326 e. The summed E-state index contributed by atoms with van der Waals surface area (Å²) in [6.07, 6.45) is 2.44. The maximum Gasteiger partial charge on any atom is 0.326 e. The van der Waals surface area contributed by atoms with Crippen molar-refractivity contribution in [2.75, 3.05) is 20.3 Å². The van der Waals surface area contributed by atoms with Crippen molar-refractivity contribution in [3.8, 4) is 22.9 Å². The van der Waals surface area contributed by atoms with E-state index < -0.39 is 17.6 Å².